The lowest BCUT2D eigenvalue weighted by Gasteiger charge is -2.33. The van der Waals surface area contributed by atoms with Gasteiger partial charge in [-0.25, -0.2) is 0 Å². The van der Waals surface area contributed by atoms with E-state index >= 15 is 0 Å². The van der Waals surface area contributed by atoms with Gasteiger partial charge in [-0.05, 0) is 24.3 Å². The van der Waals surface area contributed by atoms with Crippen LogP contribution in [0.3, 0.4) is 0 Å². The number of furan rings is 1. The Bertz CT molecular complexity index is 916. The molecule has 3 aromatic rings. The second kappa shape index (κ2) is 7.22. The van der Waals surface area contributed by atoms with Crippen LogP contribution in [0.1, 0.15) is 10.6 Å². The monoisotopic (exact) mass is 371 g/mol. The summed E-state index contributed by atoms with van der Waals surface area (Å²) < 4.78 is 13.5. The van der Waals surface area contributed by atoms with Crippen LogP contribution in [0.2, 0.25) is 0 Å². The Labute approximate surface area is 153 Å². The standard InChI is InChI=1S/C17H17N5O3S/c23-15(18-12-3-1-4-13-16(12)20-26-19-13)11-21-6-8-22(9-7-21)17(24)14-5-2-10-25-14/h1-5,10H,6-9,11H2,(H,18,23). The van der Waals surface area contributed by atoms with E-state index < -0.39 is 0 Å². The summed E-state index contributed by atoms with van der Waals surface area (Å²) in [5.41, 5.74) is 2.16. The molecule has 1 saturated heterocycles. The SMILES string of the molecule is O=C(CN1CCN(C(=O)c2ccco2)CC1)Nc1cccc2nsnc12. The van der Waals surface area contributed by atoms with Crippen LogP contribution in [0.5, 0.6) is 0 Å². The van der Waals surface area contributed by atoms with Crippen molar-refractivity contribution in [1.82, 2.24) is 18.5 Å². The van der Waals surface area contributed by atoms with Gasteiger partial charge in [-0.1, -0.05) is 6.07 Å². The van der Waals surface area contributed by atoms with Gasteiger partial charge in [-0.2, -0.15) is 8.75 Å². The summed E-state index contributed by atoms with van der Waals surface area (Å²) in [6, 6.07) is 8.89. The van der Waals surface area contributed by atoms with E-state index in [9.17, 15) is 9.59 Å². The third-order valence-electron chi connectivity index (χ3n) is 4.32. The van der Waals surface area contributed by atoms with Crippen LogP contribution < -0.4 is 5.32 Å². The first-order chi connectivity index (χ1) is 12.7. The van der Waals surface area contributed by atoms with Crippen LogP contribution in [0.15, 0.2) is 41.0 Å². The minimum atomic E-state index is -0.109. The highest BCUT2D eigenvalue weighted by Gasteiger charge is 2.24. The van der Waals surface area contributed by atoms with Crippen molar-refractivity contribution in [3.05, 3.63) is 42.4 Å². The van der Waals surface area contributed by atoms with Gasteiger partial charge in [0.15, 0.2) is 5.76 Å². The van der Waals surface area contributed by atoms with Crippen LogP contribution in [-0.2, 0) is 4.79 Å². The van der Waals surface area contributed by atoms with Gasteiger partial charge in [0.05, 0.1) is 30.2 Å². The maximum absolute atomic E-state index is 12.4. The Kier molecular flexibility index (Phi) is 4.63. The number of fused-ring (bicyclic) bond motifs is 1. The van der Waals surface area contributed by atoms with Gasteiger partial charge in [0.1, 0.15) is 11.0 Å². The predicted octanol–water partition coefficient (Wildman–Crippen LogP) is 1.68. The van der Waals surface area contributed by atoms with Crippen molar-refractivity contribution in [3.63, 3.8) is 0 Å². The second-order valence-electron chi connectivity index (χ2n) is 6.03. The molecular weight excluding hydrogens is 354 g/mol. The Hall–Kier alpha value is -2.78. The van der Waals surface area contributed by atoms with E-state index in [-0.39, 0.29) is 18.4 Å². The Morgan fingerprint density at radius 2 is 1.96 bits per heavy atom. The molecule has 3 heterocycles. The molecule has 0 saturated carbocycles. The van der Waals surface area contributed by atoms with Gasteiger partial charge in [0.25, 0.3) is 5.91 Å². The fourth-order valence-corrected chi connectivity index (χ4v) is 3.51. The van der Waals surface area contributed by atoms with Crippen LogP contribution in [0.4, 0.5) is 5.69 Å². The molecule has 0 aliphatic carbocycles. The number of carbonyl (C=O) groups excluding carboxylic acids is 2. The number of piperazine rings is 1. The number of nitrogens with zero attached hydrogens (tertiary/aromatic N) is 4. The lowest BCUT2D eigenvalue weighted by atomic mass is 10.2. The maximum Gasteiger partial charge on any atom is 0.289 e. The van der Waals surface area contributed by atoms with Gasteiger partial charge in [-0.3, -0.25) is 14.5 Å². The molecule has 2 aromatic heterocycles. The Balaban J connectivity index is 1.31. The van der Waals surface area contributed by atoms with Crippen molar-refractivity contribution in [2.45, 2.75) is 0 Å². The van der Waals surface area contributed by atoms with Crippen LogP contribution in [0, 0.1) is 0 Å². The number of hydrogen-bond acceptors (Lipinski definition) is 7. The van der Waals surface area contributed by atoms with E-state index in [1.807, 2.05) is 23.1 Å². The summed E-state index contributed by atoms with van der Waals surface area (Å²) in [7, 11) is 0. The van der Waals surface area contributed by atoms with Gasteiger partial charge < -0.3 is 14.6 Å². The molecule has 1 aliphatic heterocycles. The van der Waals surface area contributed by atoms with Crippen molar-refractivity contribution in [2.24, 2.45) is 0 Å². The zero-order valence-corrected chi connectivity index (χ0v) is 14.7. The van der Waals surface area contributed by atoms with E-state index in [0.717, 1.165) is 17.2 Å². The summed E-state index contributed by atoms with van der Waals surface area (Å²) in [5.74, 6) is 0.138. The van der Waals surface area contributed by atoms with Crippen molar-refractivity contribution in [1.29, 1.82) is 0 Å². The minimum Gasteiger partial charge on any atom is -0.459 e. The van der Waals surface area contributed by atoms with Gasteiger partial charge in [0, 0.05) is 26.2 Å². The van der Waals surface area contributed by atoms with Crippen LogP contribution >= 0.6 is 11.7 Å². The molecular formula is C17H17N5O3S. The summed E-state index contributed by atoms with van der Waals surface area (Å²) in [5, 5.41) is 2.90. The van der Waals surface area contributed by atoms with Crippen LogP contribution in [0.25, 0.3) is 11.0 Å². The second-order valence-corrected chi connectivity index (χ2v) is 6.56. The highest BCUT2D eigenvalue weighted by atomic mass is 32.1. The van der Waals surface area contributed by atoms with E-state index in [1.54, 1.807) is 17.0 Å². The zero-order chi connectivity index (χ0) is 17.9. The normalized spacial score (nSPS) is 15.3. The van der Waals surface area contributed by atoms with Crippen molar-refractivity contribution in [3.8, 4) is 0 Å². The number of rotatable bonds is 4. The first-order valence-electron chi connectivity index (χ1n) is 8.27. The molecule has 26 heavy (non-hydrogen) atoms. The Morgan fingerprint density at radius 3 is 2.73 bits per heavy atom. The van der Waals surface area contributed by atoms with Crippen molar-refractivity contribution < 1.29 is 14.0 Å². The smallest absolute Gasteiger partial charge is 0.289 e. The van der Waals surface area contributed by atoms with E-state index in [1.165, 1.54) is 6.26 Å². The lowest BCUT2D eigenvalue weighted by Crippen LogP contribution is -2.50. The molecule has 4 rings (SSSR count). The lowest BCUT2D eigenvalue weighted by molar-refractivity contribution is -0.117. The van der Waals surface area contributed by atoms with E-state index in [2.05, 4.69) is 14.1 Å². The highest BCUT2D eigenvalue weighted by Crippen LogP contribution is 2.21. The molecule has 1 N–H and O–H groups in total. The number of hydrogen-bond donors (Lipinski definition) is 1. The quantitative estimate of drug-likeness (QED) is 0.750. The summed E-state index contributed by atoms with van der Waals surface area (Å²) >= 11 is 1.12. The fraction of sp³-hybridized carbons (Fsp3) is 0.294. The molecule has 134 valence electrons. The molecule has 0 atom stereocenters. The molecule has 0 spiro atoms. The van der Waals surface area contributed by atoms with Gasteiger partial charge in [-0.15, -0.1) is 0 Å². The van der Waals surface area contributed by atoms with Crippen molar-refractivity contribution in [2.75, 3.05) is 38.0 Å². The number of nitrogens with one attached hydrogen (secondary N) is 1. The average molecular weight is 371 g/mol. The number of carbonyl (C=O) groups is 2. The Morgan fingerprint density at radius 1 is 1.12 bits per heavy atom. The number of benzene rings is 1. The molecule has 8 nitrogen and oxygen atoms in total. The predicted molar refractivity (Wildman–Crippen MR) is 97.1 cm³/mol. The number of anilines is 1. The first kappa shape index (κ1) is 16.7. The molecule has 0 bridgehead atoms. The van der Waals surface area contributed by atoms with E-state index in [0.29, 0.717) is 43.1 Å². The third kappa shape index (κ3) is 3.44. The fourth-order valence-electron chi connectivity index (χ4n) is 2.97. The summed E-state index contributed by atoms with van der Waals surface area (Å²) in [6.07, 6.45) is 1.49. The van der Waals surface area contributed by atoms with Crippen LogP contribution in [-0.4, -0.2) is 63.1 Å². The molecule has 0 unspecified atom stereocenters. The number of aromatic nitrogens is 2. The number of amides is 2. The van der Waals surface area contributed by atoms with Gasteiger partial charge in [0.2, 0.25) is 5.91 Å². The minimum absolute atomic E-state index is 0.101. The topological polar surface area (TPSA) is 91.6 Å². The molecule has 1 aliphatic rings. The third-order valence-corrected chi connectivity index (χ3v) is 4.86. The summed E-state index contributed by atoms with van der Waals surface area (Å²) in [4.78, 5) is 28.4. The zero-order valence-electron chi connectivity index (χ0n) is 13.9. The first-order valence-corrected chi connectivity index (χ1v) is 9.00. The van der Waals surface area contributed by atoms with E-state index in [4.69, 9.17) is 4.42 Å². The highest BCUT2D eigenvalue weighted by molar-refractivity contribution is 7.00. The largest absolute Gasteiger partial charge is 0.459 e. The van der Waals surface area contributed by atoms with Gasteiger partial charge >= 0.3 is 0 Å². The van der Waals surface area contributed by atoms with Crippen molar-refractivity contribution >= 4 is 40.3 Å². The molecule has 0 radical (unpaired) electrons. The maximum atomic E-state index is 12.4. The molecule has 1 fully saturated rings. The molecule has 1 aromatic carbocycles. The summed E-state index contributed by atoms with van der Waals surface area (Å²) in [6.45, 7) is 2.69. The molecule has 2 amide bonds. The average Bonchev–Trinajstić information content (AvgIpc) is 3.34. The molecule has 9 heteroatoms.